The van der Waals surface area contributed by atoms with Crippen LogP contribution in [0.2, 0.25) is 0 Å². The third kappa shape index (κ3) is 4.91. The highest BCUT2D eigenvalue weighted by Crippen LogP contribution is 2.32. The molecule has 1 aliphatic rings. The van der Waals surface area contributed by atoms with E-state index in [9.17, 15) is 4.79 Å². The van der Waals surface area contributed by atoms with Gasteiger partial charge < -0.3 is 25.4 Å². The molecule has 0 atom stereocenters. The summed E-state index contributed by atoms with van der Waals surface area (Å²) >= 11 is 0. The highest BCUT2D eigenvalue weighted by atomic mass is 16.7. The lowest BCUT2D eigenvalue weighted by atomic mass is 10.2. The van der Waals surface area contributed by atoms with Crippen molar-refractivity contribution in [2.75, 3.05) is 22.7 Å². The van der Waals surface area contributed by atoms with Crippen LogP contribution in [0.3, 0.4) is 0 Å². The first kappa shape index (κ1) is 21.3. The number of nitrogens with zero attached hydrogens (tertiary/aromatic N) is 2. The second-order valence-electron chi connectivity index (χ2n) is 7.93. The fraction of sp³-hybridized carbons (Fsp3) is 0.115. The van der Waals surface area contributed by atoms with Gasteiger partial charge in [-0.3, -0.25) is 4.79 Å². The predicted octanol–water partition coefficient (Wildman–Crippen LogP) is 5.56. The molecule has 1 aromatic heterocycles. The van der Waals surface area contributed by atoms with Crippen molar-refractivity contribution in [2.45, 2.75) is 13.8 Å². The topological polar surface area (TPSA) is 97.4 Å². The SMILES string of the molecule is Cc1ccc(Nc2cc(C)nc(Nc3ccc(NC(=O)c4ccc5c(c4)OCO5)cc3)n2)cc1. The Hall–Kier alpha value is -4.59. The minimum atomic E-state index is -0.229. The van der Waals surface area contributed by atoms with Gasteiger partial charge in [-0.05, 0) is 68.4 Å². The Kier molecular flexibility index (Phi) is 5.70. The molecule has 0 spiro atoms. The van der Waals surface area contributed by atoms with Gasteiger partial charge in [-0.1, -0.05) is 17.7 Å². The average molecular weight is 454 g/mol. The number of ether oxygens (including phenoxy) is 2. The van der Waals surface area contributed by atoms with Crippen LogP contribution in [0, 0.1) is 13.8 Å². The summed E-state index contributed by atoms with van der Waals surface area (Å²) in [5, 5.41) is 9.41. The van der Waals surface area contributed by atoms with Crippen LogP contribution >= 0.6 is 0 Å². The molecule has 170 valence electrons. The number of carbonyl (C=O) groups is 1. The van der Waals surface area contributed by atoms with E-state index in [-0.39, 0.29) is 12.7 Å². The van der Waals surface area contributed by atoms with Gasteiger partial charge in [-0.25, -0.2) is 4.98 Å². The van der Waals surface area contributed by atoms with Gasteiger partial charge >= 0.3 is 0 Å². The quantitative estimate of drug-likeness (QED) is 0.351. The van der Waals surface area contributed by atoms with Crippen molar-refractivity contribution in [2.24, 2.45) is 0 Å². The lowest BCUT2D eigenvalue weighted by Crippen LogP contribution is -2.11. The van der Waals surface area contributed by atoms with Crippen molar-refractivity contribution in [3.63, 3.8) is 0 Å². The maximum absolute atomic E-state index is 12.6. The third-order valence-electron chi connectivity index (χ3n) is 5.21. The molecule has 0 radical (unpaired) electrons. The number of aromatic nitrogens is 2. The van der Waals surface area contributed by atoms with Gasteiger partial charge in [-0.2, -0.15) is 4.98 Å². The van der Waals surface area contributed by atoms with Crippen LogP contribution in [0.5, 0.6) is 11.5 Å². The molecule has 0 saturated carbocycles. The Morgan fingerprint density at radius 2 is 1.44 bits per heavy atom. The zero-order valence-electron chi connectivity index (χ0n) is 18.8. The molecule has 8 heteroatoms. The molecule has 1 amide bonds. The zero-order valence-corrected chi connectivity index (χ0v) is 18.8. The molecule has 34 heavy (non-hydrogen) atoms. The number of anilines is 5. The van der Waals surface area contributed by atoms with Gasteiger partial charge in [0.2, 0.25) is 12.7 Å². The van der Waals surface area contributed by atoms with E-state index in [0.717, 1.165) is 17.1 Å². The van der Waals surface area contributed by atoms with E-state index in [4.69, 9.17) is 9.47 Å². The molecule has 0 saturated heterocycles. The first-order valence-corrected chi connectivity index (χ1v) is 10.8. The molecule has 0 aliphatic carbocycles. The molecule has 2 heterocycles. The van der Waals surface area contributed by atoms with Crippen molar-refractivity contribution in [3.05, 3.63) is 89.6 Å². The number of aryl methyl sites for hydroxylation is 2. The minimum absolute atomic E-state index is 0.170. The predicted molar refractivity (Wildman–Crippen MR) is 131 cm³/mol. The van der Waals surface area contributed by atoms with Crippen molar-refractivity contribution in [3.8, 4) is 11.5 Å². The molecule has 4 aromatic rings. The van der Waals surface area contributed by atoms with Gasteiger partial charge in [0.25, 0.3) is 5.91 Å². The Bertz CT molecular complexity index is 1340. The summed E-state index contributed by atoms with van der Waals surface area (Å²) in [4.78, 5) is 21.6. The molecule has 8 nitrogen and oxygen atoms in total. The molecule has 1 aliphatic heterocycles. The van der Waals surface area contributed by atoms with Crippen LogP contribution in [-0.2, 0) is 0 Å². The summed E-state index contributed by atoms with van der Waals surface area (Å²) in [5.74, 6) is 2.16. The Labute approximate surface area is 197 Å². The average Bonchev–Trinajstić information content (AvgIpc) is 3.29. The molecule has 0 bridgehead atoms. The molecule has 3 N–H and O–H groups in total. The normalized spacial score (nSPS) is 11.7. The van der Waals surface area contributed by atoms with Crippen LogP contribution in [0.4, 0.5) is 28.8 Å². The summed E-state index contributed by atoms with van der Waals surface area (Å²) in [5.41, 5.74) is 4.94. The second-order valence-corrected chi connectivity index (χ2v) is 7.93. The van der Waals surface area contributed by atoms with Gasteiger partial charge in [-0.15, -0.1) is 0 Å². The number of hydrogen-bond acceptors (Lipinski definition) is 7. The number of benzene rings is 3. The fourth-order valence-corrected chi connectivity index (χ4v) is 3.48. The van der Waals surface area contributed by atoms with Crippen molar-refractivity contribution in [1.82, 2.24) is 9.97 Å². The summed E-state index contributed by atoms with van der Waals surface area (Å²) in [6, 6.07) is 22.4. The smallest absolute Gasteiger partial charge is 0.255 e. The van der Waals surface area contributed by atoms with E-state index in [1.807, 2.05) is 61.5 Å². The van der Waals surface area contributed by atoms with Crippen LogP contribution in [0.15, 0.2) is 72.8 Å². The largest absolute Gasteiger partial charge is 0.454 e. The minimum Gasteiger partial charge on any atom is -0.454 e. The Morgan fingerprint density at radius 3 is 2.24 bits per heavy atom. The molecular formula is C26H23N5O3. The van der Waals surface area contributed by atoms with Crippen LogP contribution in [0.25, 0.3) is 0 Å². The lowest BCUT2D eigenvalue weighted by molar-refractivity contribution is 0.102. The fourth-order valence-electron chi connectivity index (χ4n) is 3.48. The summed E-state index contributed by atoms with van der Waals surface area (Å²) in [6.45, 7) is 4.14. The number of hydrogen-bond donors (Lipinski definition) is 3. The van der Waals surface area contributed by atoms with E-state index in [1.165, 1.54) is 5.56 Å². The van der Waals surface area contributed by atoms with E-state index < -0.39 is 0 Å². The first-order valence-electron chi connectivity index (χ1n) is 10.8. The molecule has 0 unspecified atom stereocenters. The van der Waals surface area contributed by atoms with E-state index in [2.05, 4.69) is 32.8 Å². The van der Waals surface area contributed by atoms with E-state index in [1.54, 1.807) is 18.2 Å². The first-order chi connectivity index (χ1) is 16.5. The summed E-state index contributed by atoms with van der Waals surface area (Å²) in [7, 11) is 0. The second kappa shape index (κ2) is 9.11. The number of nitrogens with one attached hydrogen (secondary N) is 3. The van der Waals surface area contributed by atoms with Gasteiger partial charge in [0.1, 0.15) is 5.82 Å². The summed E-state index contributed by atoms with van der Waals surface area (Å²) in [6.07, 6.45) is 0. The maximum atomic E-state index is 12.6. The lowest BCUT2D eigenvalue weighted by Gasteiger charge is -2.11. The zero-order chi connectivity index (χ0) is 23.5. The number of fused-ring (bicyclic) bond motifs is 1. The number of carbonyl (C=O) groups excluding carboxylic acids is 1. The Morgan fingerprint density at radius 1 is 0.765 bits per heavy atom. The highest BCUT2D eigenvalue weighted by Gasteiger charge is 2.16. The monoisotopic (exact) mass is 453 g/mol. The van der Waals surface area contributed by atoms with Crippen LogP contribution in [-0.4, -0.2) is 22.7 Å². The standard InChI is InChI=1S/C26H23N5O3/c1-16-3-6-19(7-4-16)28-24-13-17(2)27-26(31-24)30-21-10-8-20(9-11-21)29-25(32)18-5-12-22-23(14-18)34-15-33-22/h3-14H,15H2,1-2H3,(H,29,32)(H2,27,28,30,31). The molecule has 3 aromatic carbocycles. The van der Waals surface area contributed by atoms with E-state index >= 15 is 0 Å². The molecule has 5 rings (SSSR count). The number of amides is 1. The molecular weight excluding hydrogens is 430 g/mol. The summed E-state index contributed by atoms with van der Waals surface area (Å²) < 4.78 is 10.6. The number of rotatable bonds is 6. The third-order valence-corrected chi connectivity index (χ3v) is 5.21. The van der Waals surface area contributed by atoms with Gasteiger partial charge in [0.05, 0.1) is 0 Å². The van der Waals surface area contributed by atoms with Gasteiger partial charge in [0, 0.05) is 34.4 Å². The maximum Gasteiger partial charge on any atom is 0.255 e. The highest BCUT2D eigenvalue weighted by molar-refractivity contribution is 6.04. The van der Waals surface area contributed by atoms with E-state index in [0.29, 0.717) is 34.5 Å². The Balaban J connectivity index is 1.24. The molecule has 0 fully saturated rings. The van der Waals surface area contributed by atoms with Crippen LogP contribution in [0.1, 0.15) is 21.6 Å². The van der Waals surface area contributed by atoms with Gasteiger partial charge in [0.15, 0.2) is 11.5 Å². The van der Waals surface area contributed by atoms with Crippen molar-refractivity contribution >= 4 is 34.7 Å². The van der Waals surface area contributed by atoms with Crippen molar-refractivity contribution in [1.29, 1.82) is 0 Å². The van der Waals surface area contributed by atoms with Crippen LogP contribution < -0.4 is 25.4 Å². The van der Waals surface area contributed by atoms with Crippen molar-refractivity contribution < 1.29 is 14.3 Å².